The molecule has 0 aliphatic rings. The van der Waals surface area contributed by atoms with Crippen LogP contribution >= 0.6 is 0 Å². The number of esters is 1. The summed E-state index contributed by atoms with van der Waals surface area (Å²) >= 11 is 0. The highest BCUT2D eigenvalue weighted by molar-refractivity contribution is 5.87. The van der Waals surface area contributed by atoms with Gasteiger partial charge in [-0.15, -0.1) is 0 Å². The second-order valence-corrected chi connectivity index (χ2v) is 9.66. The Labute approximate surface area is 233 Å². The van der Waals surface area contributed by atoms with E-state index < -0.39 is 23.8 Å². The molecule has 0 radical (unpaired) electrons. The molecule has 1 aromatic heterocycles. The Morgan fingerprint density at radius 1 is 0.925 bits per heavy atom. The van der Waals surface area contributed by atoms with Crippen molar-refractivity contribution in [3.8, 4) is 11.1 Å². The van der Waals surface area contributed by atoms with E-state index in [4.69, 9.17) is 4.74 Å². The lowest BCUT2D eigenvalue weighted by Crippen LogP contribution is -2.43. The first-order valence-corrected chi connectivity index (χ1v) is 13.3. The van der Waals surface area contributed by atoms with Gasteiger partial charge in [-0.1, -0.05) is 61.5 Å². The number of H-pyrrole nitrogens is 1. The Hall–Kier alpha value is -4.47. The van der Waals surface area contributed by atoms with Crippen LogP contribution in [0.5, 0.6) is 0 Å². The zero-order valence-electron chi connectivity index (χ0n) is 22.8. The van der Waals surface area contributed by atoms with E-state index >= 15 is 0 Å². The van der Waals surface area contributed by atoms with E-state index in [1.807, 2.05) is 54.6 Å². The van der Waals surface area contributed by atoms with E-state index in [-0.39, 0.29) is 43.8 Å². The van der Waals surface area contributed by atoms with Crippen LogP contribution in [0.2, 0.25) is 0 Å². The Morgan fingerprint density at radius 3 is 2.17 bits per heavy atom. The summed E-state index contributed by atoms with van der Waals surface area (Å²) in [4.78, 5) is 55.7. The normalized spacial score (nSPS) is 13.1. The minimum Gasteiger partial charge on any atom is -0.480 e. The summed E-state index contributed by atoms with van der Waals surface area (Å²) in [5.41, 5.74) is 3.73. The maximum atomic E-state index is 12.8. The van der Waals surface area contributed by atoms with Crippen molar-refractivity contribution in [2.24, 2.45) is 5.92 Å². The lowest BCUT2D eigenvalue weighted by molar-refractivity contribution is -0.148. The third-order valence-corrected chi connectivity index (χ3v) is 6.43. The molecular weight excluding hydrogens is 512 g/mol. The molecule has 10 heteroatoms. The molecule has 3 aromatic rings. The van der Waals surface area contributed by atoms with E-state index in [0.717, 1.165) is 16.7 Å². The van der Waals surface area contributed by atoms with Gasteiger partial charge >= 0.3 is 11.9 Å². The number of aromatic amines is 1. The monoisotopic (exact) mass is 548 g/mol. The zero-order chi connectivity index (χ0) is 28.9. The van der Waals surface area contributed by atoms with Crippen LogP contribution in [0.15, 0.2) is 67.1 Å². The fourth-order valence-electron chi connectivity index (χ4n) is 4.36. The van der Waals surface area contributed by atoms with Gasteiger partial charge in [0.1, 0.15) is 6.04 Å². The minimum atomic E-state index is -1.18. The number of nitrogens with zero attached hydrogens (tertiary/aromatic N) is 1. The molecule has 1 heterocycles. The quantitative estimate of drug-likeness (QED) is 0.213. The number of carbonyl (C=O) groups excluding carboxylic acids is 3. The largest absolute Gasteiger partial charge is 0.480 e. The van der Waals surface area contributed by atoms with E-state index in [1.54, 1.807) is 13.8 Å². The fourth-order valence-corrected chi connectivity index (χ4v) is 4.36. The number of aromatic nitrogens is 2. The Kier molecular flexibility index (Phi) is 11.4. The first-order chi connectivity index (χ1) is 19.2. The minimum absolute atomic E-state index is 0.0458. The molecule has 4 N–H and O–H groups in total. The van der Waals surface area contributed by atoms with Crippen LogP contribution in [-0.2, 0) is 36.8 Å². The summed E-state index contributed by atoms with van der Waals surface area (Å²) in [5, 5.41) is 14.8. The fraction of sp³-hybridized carbons (Fsp3) is 0.367. The van der Waals surface area contributed by atoms with Gasteiger partial charge in [-0.2, -0.15) is 0 Å². The van der Waals surface area contributed by atoms with Crippen LogP contribution in [0, 0.1) is 5.92 Å². The van der Waals surface area contributed by atoms with Crippen LogP contribution in [-0.4, -0.2) is 57.5 Å². The molecule has 2 amide bonds. The molecule has 0 aliphatic heterocycles. The van der Waals surface area contributed by atoms with Gasteiger partial charge in [-0.25, -0.2) is 9.78 Å². The van der Waals surface area contributed by atoms with Crippen molar-refractivity contribution < 1.29 is 29.0 Å². The number of carboxylic acids is 1. The van der Waals surface area contributed by atoms with E-state index in [0.29, 0.717) is 18.5 Å². The van der Waals surface area contributed by atoms with E-state index in [2.05, 4.69) is 20.6 Å². The van der Waals surface area contributed by atoms with Crippen molar-refractivity contribution in [1.29, 1.82) is 0 Å². The number of amides is 2. The van der Waals surface area contributed by atoms with Crippen LogP contribution in [0.1, 0.15) is 44.4 Å². The molecule has 0 unspecified atom stereocenters. The molecule has 10 nitrogen and oxygen atoms in total. The molecular formula is C30H36N4O6. The Bertz CT molecular complexity index is 1240. The highest BCUT2D eigenvalue weighted by atomic mass is 16.5. The lowest BCUT2D eigenvalue weighted by Gasteiger charge is -2.22. The van der Waals surface area contributed by atoms with Gasteiger partial charge in [-0.3, -0.25) is 14.4 Å². The van der Waals surface area contributed by atoms with Crippen molar-refractivity contribution in [1.82, 2.24) is 20.6 Å². The third kappa shape index (κ3) is 9.68. The molecule has 0 saturated carbocycles. The second kappa shape index (κ2) is 15.2. The molecule has 0 spiro atoms. The molecule has 3 atom stereocenters. The SMILES string of the molecule is CCOC(=O)[C@H](C)C[C@@H](Cc1ccc(-c2ccccc2)cc1)NC(=O)CCC(=O)N[C@@H](Cc1cnc[nH]1)C(=O)O. The molecule has 0 aliphatic carbocycles. The predicted octanol–water partition coefficient (Wildman–Crippen LogP) is 3.29. The first kappa shape index (κ1) is 30.1. The smallest absolute Gasteiger partial charge is 0.326 e. The van der Waals surface area contributed by atoms with Crippen LogP contribution in [0.25, 0.3) is 11.1 Å². The number of hydrogen-bond acceptors (Lipinski definition) is 6. The number of benzene rings is 2. The number of carbonyl (C=O) groups is 4. The van der Waals surface area contributed by atoms with Crippen molar-refractivity contribution in [2.45, 2.75) is 58.0 Å². The van der Waals surface area contributed by atoms with Gasteiger partial charge < -0.3 is 25.5 Å². The van der Waals surface area contributed by atoms with Gasteiger partial charge in [0.25, 0.3) is 0 Å². The molecule has 212 valence electrons. The van der Waals surface area contributed by atoms with Gasteiger partial charge in [-0.05, 0) is 36.5 Å². The summed E-state index contributed by atoms with van der Waals surface area (Å²) in [5.74, 6) is -2.86. The number of rotatable bonds is 15. The molecule has 0 saturated heterocycles. The highest BCUT2D eigenvalue weighted by Crippen LogP contribution is 2.21. The third-order valence-electron chi connectivity index (χ3n) is 6.43. The summed E-state index contributed by atoms with van der Waals surface area (Å²) in [6, 6.07) is 16.5. The van der Waals surface area contributed by atoms with Crippen LogP contribution in [0.3, 0.4) is 0 Å². The van der Waals surface area contributed by atoms with Gasteiger partial charge in [0.15, 0.2) is 0 Å². The molecule has 0 bridgehead atoms. The van der Waals surface area contributed by atoms with Gasteiger partial charge in [0, 0.05) is 37.2 Å². The van der Waals surface area contributed by atoms with Crippen molar-refractivity contribution in [2.75, 3.05) is 6.61 Å². The standard InChI is InChI=1S/C30H36N4O6/c1-3-40-30(39)20(2)15-24(16-21-9-11-23(12-10-21)22-7-5-4-6-8-22)33-27(35)13-14-28(36)34-26(29(37)38)17-25-18-31-19-32-25/h4-12,18-20,24,26H,3,13-17H2,1-2H3,(H,31,32)(H,33,35)(H,34,36)(H,37,38)/t20-,24+,26+/m1/s1. The maximum absolute atomic E-state index is 12.8. The number of hydrogen-bond donors (Lipinski definition) is 4. The molecule has 3 rings (SSSR count). The second-order valence-electron chi connectivity index (χ2n) is 9.66. The first-order valence-electron chi connectivity index (χ1n) is 13.3. The summed E-state index contributed by atoms with van der Waals surface area (Å²) in [7, 11) is 0. The van der Waals surface area contributed by atoms with Crippen LogP contribution in [0.4, 0.5) is 0 Å². The van der Waals surface area contributed by atoms with Crippen molar-refractivity contribution in [3.05, 3.63) is 78.4 Å². The number of nitrogens with one attached hydrogen (secondary N) is 3. The van der Waals surface area contributed by atoms with Crippen LogP contribution < -0.4 is 10.6 Å². The summed E-state index contributed by atoms with van der Waals surface area (Å²) in [6.07, 6.45) is 3.51. The summed E-state index contributed by atoms with van der Waals surface area (Å²) in [6.45, 7) is 3.77. The number of carboxylic acid groups (broad SMARTS) is 1. The highest BCUT2D eigenvalue weighted by Gasteiger charge is 2.24. The number of ether oxygens (including phenoxy) is 1. The number of aliphatic carboxylic acids is 1. The van der Waals surface area contributed by atoms with Gasteiger partial charge in [0.2, 0.25) is 11.8 Å². The topological polar surface area (TPSA) is 150 Å². The van der Waals surface area contributed by atoms with Gasteiger partial charge in [0.05, 0.1) is 18.9 Å². The predicted molar refractivity (Wildman–Crippen MR) is 149 cm³/mol. The Balaban J connectivity index is 1.59. The molecule has 40 heavy (non-hydrogen) atoms. The zero-order valence-corrected chi connectivity index (χ0v) is 22.8. The molecule has 2 aromatic carbocycles. The molecule has 0 fully saturated rings. The lowest BCUT2D eigenvalue weighted by atomic mass is 9.94. The average molecular weight is 549 g/mol. The van der Waals surface area contributed by atoms with Crippen molar-refractivity contribution >= 4 is 23.8 Å². The number of imidazole rings is 1. The summed E-state index contributed by atoms with van der Waals surface area (Å²) < 4.78 is 5.14. The van der Waals surface area contributed by atoms with E-state index in [9.17, 15) is 24.3 Å². The Morgan fingerprint density at radius 2 is 1.57 bits per heavy atom. The average Bonchev–Trinajstić information content (AvgIpc) is 3.46. The maximum Gasteiger partial charge on any atom is 0.326 e. The van der Waals surface area contributed by atoms with E-state index in [1.165, 1.54) is 12.5 Å². The van der Waals surface area contributed by atoms with Crippen molar-refractivity contribution in [3.63, 3.8) is 0 Å².